The lowest BCUT2D eigenvalue weighted by Crippen LogP contribution is -2.27. The first-order valence-corrected chi connectivity index (χ1v) is 8.08. The van der Waals surface area contributed by atoms with Crippen LogP contribution in [0.1, 0.15) is 31.9 Å². The molecule has 116 valence electrons. The van der Waals surface area contributed by atoms with Gasteiger partial charge in [-0.25, -0.2) is 0 Å². The molecular weight excluding hydrogens is 282 g/mol. The molecule has 2 aliphatic heterocycles. The van der Waals surface area contributed by atoms with Crippen LogP contribution in [-0.2, 0) is 0 Å². The average Bonchev–Trinajstić information content (AvgIpc) is 2.70. The molecule has 3 nitrogen and oxygen atoms in total. The Balaban J connectivity index is 1.85. The van der Waals surface area contributed by atoms with Crippen molar-refractivity contribution in [1.82, 2.24) is 0 Å². The molecule has 2 aromatic rings. The number of benzene rings is 2. The first-order chi connectivity index (χ1) is 11.1. The summed E-state index contributed by atoms with van der Waals surface area (Å²) in [6, 6.07) is 19.1. The first kappa shape index (κ1) is 14.1. The van der Waals surface area contributed by atoms with Crippen LogP contribution < -0.4 is 10.6 Å². The summed E-state index contributed by atoms with van der Waals surface area (Å²) in [5.41, 5.74) is 5.94. The number of hydrogen-bond acceptors (Lipinski definition) is 3. The van der Waals surface area contributed by atoms with E-state index in [0.717, 1.165) is 17.8 Å². The zero-order chi connectivity index (χ0) is 15.9. The van der Waals surface area contributed by atoms with Gasteiger partial charge < -0.3 is 10.6 Å². The van der Waals surface area contributed by atoms with Crippen LogP contribution >= 0.6 is 0 Å². The predicted octanol–water partition coefficient (Wildman–Crippen LogP) is 4.77. The van der Waals surface area contributed by atoms with E-state index in [0.29, 0.717) is 0 Å². The third-order valence-corrected chi connectivity index (χ3v) is 4.47. The minimum absolute atomic E-state index is 0.0631. The number of para-hydroxylation sites is 2. The quantitative estimate of drug-likeness (QED) is 0.796. The van der Waals surface area contributed by atoms with Gasteiger partial charge in [0.1, 0.15) is 0 Å². The molecule has 1 unspecified atom stereocenters. The summed E-state index contributed by atoms with van der Waals surface area (Å²) >= 11 is 0. The molecule has 2 aliphatic rings. The summed E-state index contributed by atoms with van der Waals surface area (Å²) in [6.45, 7) is 4.35. The molecule has 23 heavy (non-hydrogen) atoms. The van der Waals surface area contributed by atoms with E-state index in [-0.39, 0.29) is 11.6 Å². The zero-order valence-corrected chi connectivity index (χ0v) is 13.5. The number of hydrogen-bond donors (Lipinski definition) is 2. The van der Waals surface area contributed by atoms with E-state index < -0.39 is 0 Å². The fourth-order valence-electron chi connectivity index (χ4n) is 3.29. The molecule has 1 atom stereocenters. The molecule has 2 N–H and O–H groups in total. The summed E-state index contributed by atoms with van der Waals surface area (Å²) in [5.74, 6) is 0. The molecule has 0 spiro atoms. The lowest BCUT2D eigenvalue weighted by molar-refractivity contribution is 0.512. The largest absolute Gasteiger partial charge is 0.372 e. The minimum atomic E-state index is -0.0631. The highest BCUT2D eigenvalue weighted by Gasteiger charge is 2.30. The molecule has 3 heteroatoms. The summed E-state index contributed by atoms with van der Waals surface area (Å²) in [4.78, 5) is 4.76. The van der Waals surface area contributed by atoms with Crippen molar-refractivity contribution in [3.63, 3.8) is 0 Å². The Morgan fingerprint density at radius 2 is 1.65 bits per heavy atom. The van der Waals surface area contributed by atoms with Gasteiger partial charge in [-0.1, -0.05) is 42.5 Å². The Labute approximate surface area is 137 Å². The Hall–Kier alpha value is -2.55. The van der Waals surface area contributed by atoms with Crippen LogP contribution in [0.2, 0.25) is 0 Å². The van der Waals surface area contributed by atoms with E-state index in [1.165, 1.54) is 16.8 Å². The van der Waals surface area contributed by atoms with Gasteiger partial charge in [0.15, 0.2) is 0 Å². The van der Waals surface area contributed by atoms with Gasteiger partial charge in [-0.2, -0.15) is 0 Å². The molecule has 0 saturated heterocycles. The van der Waals surface area contributed by atoms with Crippen LogP contribution in [0.15, 0.2) is 70.9 Å². The maximum atomic E-state index is 4.76. The van der Waals surface area contributed by atoms with Crippen LogP contribution in [0, 0.1) is 0 Å². The van der Waals surface area contributed by atoms with Gasteiger partial charge in [-0.3, -0.25) is 4.99 Å². The number of nitrogens with zero attached hydrogens (tertiary/aromatic N) is 1. The van der Waals surface area contributed by atoms with Gasteiger partial charge in [0.05, 0.1) is 23.0 Å². The molecule has 2 aromatic carbocycles. The SMILES string of the molecule is CC1(C)CC2=C(C=N1)C(c1ccccc1)Nc1ccccc1N2. The second-order valence-electron chi connectivity index (χ2n) is 6.84. The number of dihydropyridines is 1. The Kier molecular flexibility index (Phi) is 3.22. The van der Waals surface area contributed by atoms with Crippen LogP contribution in [0.5, 0.6) is 0 Å². The van der Waals surface area contributed by atoms with E-state index in [9.17, 15) is 0 Å². The lowest BCUT2D eigenvalue weighted by atomic mass is 9.89. The van der Waals surface area contributed by atoms with Gasteiger partial charge in [0.2, 0.25) is 0 Å². The van der Waals surface area contributed by atoms with Gasteiger partial charge in [-0.15, -0.1) is 0 Å². The van der Waals surface area contributed by atoms with E-state index >= 15 is 0 Å². The van der Waals surface area contributed by atoms with E-state index in [1.807, 2.05) is 6.21 Å². The highest BCUT2D eigenvalue weighted by Crippen LogP contribution is 2.40. The van der Waals surface area contributed by atoms with Crippen LogP contribution in [0.3, 0.4) is 0 Å². The van der Waals surface area contributed by atoms with Crippen molar-refractivity contribution in [1.29, 1.82) is 0 Å². The van der Waals surface area contributed by atoms with Crippen molar-refractivity contribution in [2.45, 2.75) is 31.8 Å². The minimum Gasteiger partial charge on any atom is -0.372 e. The maximum Gasteiger partial charge on any atom is 0.0800 e. The maximum absolute atomic E-state index is 4.76. The zero-order valence-electron chi connectivity index (χ0n) is 13.5. The number of fused-ring (bicyclic) bond motifs is 1. The molecule has 0 saturated carbocycles. The Morgan fingerprint density at radius 3 is 2.43 bits per heavy atom. The van der Waals surface area contributed by atoms with Crippen molar-refractivity contribution in [3.05, 3.63) is 71.4 Å². The standard InChI is InChI=1S/C20H21N3/c1-20(2)12-18-15(13-21-20)19(14-8-4-3-5-9-14)23-17-11-7-6-10-16(17)22-18/h3-11,13,19,22-23H,12H2,1-2H3. The van der Waals surface area contributed by atoms with Gasteiger partial charge in [-0.05, 0) is 31.5 Å². The van der Waals surface area contributed by atoms with Crippen molar-refractivity contribution < 1.29 is 0 Å². The molecule has 0 radical (unpaired) electrons. The van der Waals surface area contributed by atoms with E-state index in [4.69, 9.17) is 4.99 Å². The predicted molar refractivity (Wildman–Crippen MR) is 97.1 cm³/mol. The lowest BCUT2D eigenvalue weighted by Gasteiger charge is -2.29. The Morgan fingerprint density at radius 1 is 0.957 bits per heavy atom. The topological polar surface area (TPSA) is 36.4 Å². The van der Waals surface area contributed by atoms with Gasteiger partial charge in [0, 0.05) is 23.9 Å². The third kappa shape index (κ3) is 2.63. The third-order valence-electron chi connectivity index (χ3n) is 4.47. The van der Waals surface area contributed by atoms with Crippen molar-refractivity contribution in [2.24, 2.45) is 4.99 Å². The average molecular weight is 303 g/mol. The molecule has 0 aromatic heterocycles. The summed E-state index contributed by atoms with van der Waals surface area (Å²) in [5, 5.41) is 7.33. The number of rotatable bonds is 1. The number of nitrogens with one attached hydrogen (secondary N) is 2. The summed E-state index contributed by atoms with van der Waals surface area (Å²) in [7, 11) is 0. The Bertz CT molecular complexity index is 788. The fraction of sp³-hybridized carbons (Fsp3) is 0.250. The highest BCUT2D eigenvalue weighted by molar-refractivity contribution is 5.88. The normalized spacial score (nSPS) is 21.6. The van der Waals surface area contributed by atoms with Crippen molar-refractivity contribution in [3.8, 4) is 0 Å². The molecule has 0 amide bonds. The number of anilines is 2. The molecule has 0 bridgehead atoms. The summed E-state index contributed by atoms with van der Waals surface area (Å²) in [6.07, 6.45) is 2.96. The van der Waals surface area contributed by atoms with Crippen molar-refractivity contribution in [2.75, 3.05) is 10.6 Å². The summed E-state index contributed by atoms with van der Waals surface area (Å²) < 4.78 is 0. The van der Waals surface area contributed by atoms with Gasteiger partial charge in [0.25, 0.3) is 0 Å². The first-order valence-electron chi connectivity index (χ1n) is 8.08. The molecule has 4 rings (SSSR count). The van der Waals surface area contributed by atoms with E-state index in [1.54, 1.807) is 0 Å². The molecular formula is C20H21N3. The smallest absolute Gasteiger partial charge is 0.0800 e. The fourth-order valence-corrected chi connectivity index (χ4v) is 3.29. The van der Waals surface area contributed by atoms with Crippen molar-refractivity contribution >= 4 is 17.6 Å². The molecule has 0 aliphatic carbocycles. The second kappa shape index (κ2) is 5.27. The number of aliphatic imine (C=N–C) groups is 1. The second-order valence-corrected chi connectivity index (χ2v) is 6.84. The molecule has 2 heterocycles. The van der Waals surface area contributed by atoms with Crippen LogP contribution in [0.25, 0.3) is 0 Å². The van der Waals surface area contributed by atoms with Gasteiger partial charge >= 0.3 is 0 Å². The molecule has 0 fully saturated rings. The van der Waals surface area contributed by atoms with E-state index in [2.05, 4.69) is 79.1 Å². The highest BCUT2D eigenvalue weighted by atomic mass is 15.0. The monoisotopic (exact) mass is 303 g/mol. The van der Waals surface area contributed by atoms with Crippen LogP contribution in [-0.4, -0.2) is 11.8 Å². The van der Waals surface area contributed by atoms with Crippen LogP contribution in [0.4, 0.5) is 11.4 Å².